The molecule has 3 aromatic carbocycles. The number of hydrogen-bond acceptors (Lipinski definition) is 2. The minimum Gasteiger partial charge on any atom is -0.464 e. The molecule has 3 heteroatoms. The van der Waals surface area contributed by atoms with Gasteiger partial charge in [-0.25, -0.2) is 0 Å². The second-order valence-electron chi connectivity index (χ2n) is 6.83. The van der Waals surface area contributed by atoms with Crippen molar-refractivity contribution in [3.05, 3.63) is 89.7 Å². The smallest absolute Gasteiger partial charge is 0.228 e. The van der Waals surface area contributed by atoms with Crippen LogP contribution in [-0.4, -0.2) is 5.91 Å². The predicted octanol–water partition coefficient (Wildman–Crippen LogP) is 5.90. The quantitative estimate of drug-likeness (QED) is 0.495. The van der Waals surface area contributed by atoms with E-state index in [-0.39, 0.29) is 12.3 Å². The highest BCUT2D eigenvalue weighted by atomic mass is 16.3. The summed E-state index contributed by atoms with van der Waals surface area (Å²) in [4.78, 5) is 12.7. The lowest BCUT2D eigenvalue weighted by Gasteiger charge is -2.11. The third kappa shape index (κ3) is 3.49. The van der Waals surface area contributed by atoms with Gasteiger partial charge in [-0.2, -0.15) is 0 Å². The van der Waals surface area contributed by atoms with E-state index in [1.165, 1.54) is 11.1 Å². The Morgan fingerprint density at radius 3 is 2.44 bits per heavy atom. The molecule has 1 N–H and O–H groups in total. The molecular formula is C24H21NO2. The van der Waals surface area contributed by atoms with Crippen LogP contribution < -0.4 is 5.32 Å². The normalized spacial score (nSPS) is 10.9. The van der Waals surface area contributed by atoms with Crippen molar-refractivity contribution in [2.24, 2.45) is 0 Å². The van der Waals surface area contributed by atoms with Crippen molar-refractivity contribution in [1.29, 1.82) is 0 Å². The number of furan rings is 1. The first kappa shape index (κ1) is 17.1. The highest BCUT2D eigenvalue weighted by molar-refractivity contribution is 5.98. The number of fused-ring (bicyclic) bond motifs is 1. The molecule has 0 spiro atoms. The fraction of sp³-hybridized carbons (Fsp3) is 0.125. The van der Waals surface area contributed by atoms with Crippen molar-refractivity contribution >= 4 is 22.6 Å². The Labute approximate surface area is 158 Å². The first-order valence-corrected chi connectivity index (χ1v) is 9.03. The molecule has 1 heterocycles. The zero-order valence-electron chi connectivity index (χ0n) is 15.5. The predicted molar refractivity (Wildman–Crippen MR) is 110 cm³/mol. The zero-order valence-corrected chi connectivity index (χ0v) is 15.5. The molecule has 0 aliphatic rings. The van der Waals surface area contributed by atoms with Crippen molar-refractivity contribution in [1.82, 2.24) is 0 Å². The number of benzene rings is 3. The summed E-state index contributed by atoms with van der Waals surface area (Å²) in [7, 11) is 0. The van der Waals surface area contributed by atoms with Crippen LogP contribution in [0.15, 0.2) is 77.4 Å². The highest BCUT2D eigenvalue weighted by Gasteiger charge is 2.13. The Kier molecular flexibility index (Phi) is 4.51. The van der Waals surface area contributed by atoms with E-state index >= 15 is 0 Å². The van der Waals surface area contributed by atoms with Crippen LogP contribution in [0, 0.1) is 13.8 Å². The lowest BCUT2D eigenvalue weighted by molar-refractivity contribution is -0.115. The van der Waals surface area contributed by atoms with Crippen molar-refractivity contribution in [3.63, 3.8) is 0 Å². The molecule has 0 radical (unpaired) electrons. The van der Waals surface area contributed by atoms with Gasteiger partial charge in [-0.1, -0.05) is 48.5 Å². The van der Waals surface area contributed by atoms with Crippen LogP contribution in [-0.2, 0) is 11.2 Å². The molecular weight excluding hydrogens is 334 g/mol. The number of rotatable bonds is 4. The fourth-order valence-corrected chi connectivity index (χ4v) is 3.30. The number of aryl methyl sites for hydroxylation is 2. The molecule has 3 nitrogen and oxygen atoms in total. The molecule has 27 heavy (non-hydrogen) atoms. The SMILES string of the molecule is Cc1cc2occ(CC(=O)Nc3ccccc3-c3ccccc3)c2cc1C. The van der Waals surface area contributed by atoms with Gasteiger partial charge in [0, 0.05) is 22.2 Å². The first-order valence-electron chi connectivity index (χ1n) is 9.03. The number of nitrogens with one attached hydrogen (secondary N) is 1. The van der Waals surface area contributed by atoms with Gasteiger partial charge in [-0.05, 0) is 48.7 Å². The second kappa shape index (κ2) is 7.12. The number of amides is 1. The zero-order chi connectivity index (χ0) is 18.8. The Balaban J connectivity index is 1.59. The largest absolute Gasteiger partial charge is 0.464 e. The van der Waals surface area contributed by atoms with Crippen molar-refractivity contribution in [3.8, 4) is 11.1 Å². The maximum Gasteiger partial charge on any atom is 0.228 e. The summed E-state index contributed by atoms with van der Waals surface area (Å²) < 4.78 is 5.65. The van der Waals surface area contributed by atoms with E-state index in [2.05, 4.69) is 25.2 Å². The minimum absolute atomic E-state index is 0.0562. The van der Waals surface area contributed by atoms with Gasteiger partial charge in [0.15, 0.2) is 0 Å². The van der Waals surface area contributed by atoms with E-state index < -0.39 is 0 Å². The Morgan fingerprint density at radius 1 is 0.926 bits per heavy atom. The van der Waals surface area contributed by atoms with E-state index in [9.17, 15) is 4.79 Å². The monoisotopic (exact) mass is 355 g/mol. The summed E-state index contributed by atoms with van der Waals surface area (Å²) in [6.07, 6.45) is 1.96. The van der Waals surface area contributed by atoms with Gasteiger partial charge < -0.3 is 9.73 Å². The van der Waals surface area contributed by atoms with E-state index in [1.54, 1.807) is 6.26 Å². The van der Waals surface area contributed by atoms with Crippen molar-refractivity contribution < 1.29 is 9.21 Å². The van der Waals surface area contributed by atoms with E-state index in [1.807, 2.05) is 60.7 Å². The molecule has 0 aliphatic carbocycles. The van der Waals surface area contributed by atoms with Crippen molar-refractivity contribution in [2.45, 2.75) is 20.3 Å². The Morgan fingerprint density at radius 2 is 1.63 bits per heavy atom. The Hall–Kier alpha value is -3.33. The number of carbonyl (C=O) groups excluding carboxylic acids is 1. The van der Waals surface area contributed by atoms with Gasteiger partial charge >= 0.3 is 0 Å². The molecule has 0 bridgehead atoms. The molecule has 0 unspecified atom stereocenters. The number of hydrogen-bond donors (Lipinski definition) is 1. The number of para-hydroxylation sites is 1. The van der Waals surface area contributed by atoms with Crippen molar-refractivity contribution in [2.75, 3.05) is 5.32 Å². The third-order valence-corrected chi connectivity index (χ3v) is 4.91. The second-order valence-corrected chi connectivity index (χ2v) is 6.83. The van der Waals surface area contributed by atoms with Crippen LogP contribution in [0.1, 0.15) is 16.7 Å². The van der Waals surface area contributed by atoms with Crippen LogP contribution in [0.2, 0.25) is 0 Å². The van der Waals surface area contributed by atoms with Crippen LogP contribution in [0.4, 0.5) is 5.69 Å². The molecule has 4 rings (SSSR count). The topological polar surface area (TPSA) is 42.2 Å². The van der Waals surface area contributed by atoms with Crippen LogP contribution in [0.5, 0.6) is 0 Å². The van der Waals surface area contributed by atoms with E-state index in [4.69, 9.17) is 4.42 Å². The molecule has 1 aromatic heterocycles. The molecule has 0 saturated heterocycles. The molecule has 0 atom stereocenters. The molecule has 0 fully saturated rings. The summed E-state index contributed by atoms with van der Waals surface area (Å²) in [5, 5.41) is 4.06. The van der Waals surface area contributed by atoms with Gasteiger partial charge in [-0.3, -0.25) is 4.79 Å². The summed E-state index contributed by atoms with van der Waals surface area (Å²) in [6.45, 7) is 4.13. The van der Waals surface area contributed by atoms with Gasteiger partial charge in [0.25, 0.3) is 0 Å². The van der Waals surface area contributed by atoms with Gasteiger partial charge in [0.05, 0.1) is 12.7 Å². The maximum absolute atomic E-state index is 12.7. The van der Waals surface area contributed by atoms with E-state index in [0.717, 1.165) is 33.3 Å². The molecule has 0 aliphatic heterocycles. The third-order valence-electron chi connectivity index (χ3n) is 4.91. The Bertz CT molecular complexity index is 1110. The number of carbonyl (C=O) groups is 1. The fourth-order valence-electron chi connectivity index (χ4n) is 3.30. The lowest BCUT2D eigenvalue weighted by Crippen LogP contribution is -2.14. The maximum atomic E-state index is 12.7. The molecule has 1 amide bonds. The van der Waals surface area contributed by atoms with Gasteiger partial charge in [0.1, 0.15) is 5.58 Å². The first-order chi connectivity index (χ1) is 13.1. The minimum atomic E-state index is -0.0562. The van der Waals surface area contributed by atoms with Crippen LogP contribution in [0.25, 0.3) is 22.1 Å². The summed E-state index contributed by atoms with van der Waals surface area (Å²) in [6, 6.07) is 22.0. The lowest BCUT2D eigenvalue weighted by atomic mass is 10.0. The average Bonchev–Trinajstić information content (AvgIpc) is 3.04. The molecule has 4 aromatic rings. The van der Waals surface area contributed by atoms with E-state index in [0.29, 0.717) is 0 Å². The molecule has 134 valence electrons. The van der Waals surface area contributed by atoms with Crippen LogP contribution >= 0.6 is 0 Å². The molecule has 0 saturated carbocycles. The summed E-state index contributed by atoms with van der Waals surface area (Å²) in [5.41, 5.74) is 7.01. The van der Waals surface area contributed by atoms with Gasteiger partial charge in [-0.15, -0.1) is 0 Å². The standard InChI is InChI=1S/C24H21NO2/c1-16-12-21-19(15-27-23(21)13-17(16)2)14-24(26)25-22-11-7-6-10-20(22)18-8-4-3-5-9-18/h3-13,15H,14H2,1-2H3,(H,25,26). The summed E-state index contributed by atoms with van der Waals surface area (Å²) in [5.74, 6) is -0.0562. The van der Waals surface area contributed by atoms with Gasteiger partial charge in [0.2, 0.25) is 5.91 Å². The average molecular weight is 355 g/mol. The summed E-state index contributed by atoms with van der Waals surface area (Å²) >= 11 is 0. The van der Waals surface area contributed by atoms with Crippen LogP contribution in [0.3, 0.4) is 0 Å². The number of anilines is 1. The highest BCUT2D eigenvalue weighted by Crippen LogP contribution is 2.29.